The molecule has 82 valence electrons. The van der Waals surface area contributed by atoms with Gasteiger partial charge in [-0.15, -0.1) is 11.3 Å². The van der Waals surface area contributed by atoms with Gasteiger partial charge in [0.05, 0.1) is 0 Å². The Hall–Kier alpha value is -1.88. The zero-order valence-electron chi connectivity index (χ0n) is 8.60. The van der Waals surface area contributed by atoms with E-state index in [0.29, 0.717) is 5.13 Å². The van der Waals surface area contributed by atoms with Crippen molar-refractivity contribution in [3.63, 3.8) is 0 Å². The number of nitrogens with one attached hydrogen (secondary N) is 1. The van der Waals surface area contributed by atoms with Crippen molar-refractivity contribution in [3.8, 4) is 0 Å². The summed E-state index contributed by atoms with van der Waals surface area (Å²) in [5.74, 6) is -1.01. The second-order valence-electron chi connectivity index (χ2n) is 3.33. The smallest absolute Gasteiger partial charge is 0.355 e. The molecule has 0 saturated heterocycles. The van der Waals surface area contributed by atoms with Gasteiger partial charge >= 0.3 is 5.97 Å². The van der Waals surface area contributed by atoms with Gasteiger partial charge < -0.3 is 10.4 Å². The van der Waals surface area contributed by atoms with Gasteiger partial charge in [0.25, 0.3) is 0 Å². The van der Waals surface area contributed by atoms with E-state index in [2.05, 4.69) is 10.3 Å². The quantitative estimate of drug-likeness (QED) is 0.857. The van der Waals surface area contributed by atoms with E-state index in [1.807, 2.05) is 31.2 Å². The SMILES string of the molecule is Cc1ccc(Nc2nc(C(=O)O)cs2)cc1. The normalized spacial score (nSPS) is 10.1. The highest BCUT2D eigenvalue weighted by Crippen LogP contribution is 2.21. The zero-order chi connectivity index (χ0) is 11.5. The zero-order valence-corrected chi connectivity index (χ0v) is 9.41. The standard InChI is InChI=1S/C11H10N2O2S/c1-7-2-4-8(5-3-7)12-11-13-9(6-16-11)10(14)15/h2-6H,1H3,(H,12,13)(H,14,15). The number of nitrogens with zero attached hydrogens (tertiary/aromatic N) is 1. The third-order valence-electron chi connectivity index (χ3n) is 2.03. The number of carboxylic acid groups (broad SMARTS) is 1. The molecule has 1 aromatic heterocycles. The average molecular weight is 234 g/mol. The van der Waals surface area contributed by atoms with Crippen molar-refractivity contribution < 1.29 is 9.90 Å². The Balaban J connectivity index is 2.14. The summed E-state index contributed by atoms with van der Waals surface area (Å²) in [6.45, 7) is 2.01. The predicted molar refractivity (Wildman–Crippen MR) is 63.5 cm³/mol. The van der Waals surface area contributed by atoms with Crippen molar-refractivity contribution in [2.24, 2.45) is 0 Å². The number of aromatic nitrogens is 1. The highest BCUT2D eigenvalue weighted by Gasteiger charge is 2.08. The fraction of sp³-hybridized carbons (Fsp3) is 0.0909. The van der Waals surface area contributed by atoms with Gasteiger partial charge in [-0.05, 0) is 19.1 Å². The first-order valence-electron chi connectivity index (χ1n) is 4.67. The first-order chi connectivity index (χ1) is 7.65. The molecule has 0 bridgehead atoms. The van der Waals surface area contributed by atoms with Gasteiger partial charge in [0.15, 0.2) is 10.8 Å². The predicted octanol–water partition coefficient (Wildman–Crippen LogP) is 2.89. The molecule has 0 atom stereocenters. The van der Waals surface area contributed by atoms with Crippen LogP contribution in [-0.4, -0.2) is 16.1 Å². The van der Waals surface area contributed by atoms with Crippen LogP contribution in [0.15, 0.2) is 29.6 Å². The Bertz CT molecular complexity index is 505. The molecule has 0 radical (unpaired) electrons. The van der Waals surface area contributed by atoms with Crippen LogP contribution in [-0.2, 0) is 0 Å². The second kappa shape index (κ2) is 4.32. The van der Waals surface area contributed by atoms with E-state index in [1.54, 1.807) is 0 Å². The van der Waals surface area contributed by atoms with Crippen LogP contribution in [0.4, 0.5) is 10.8 Å². The fourth-order valence-corrected chi connectivity index (χ4v) is 1.89. The molecule has 0 aliphatic carbocycles. The van der Waals surface area contributed by atoms with Crippen LogP contribution < -0.4 is 5.32 Å². The summed E-state index contributed by atoms with van der Waals surface area (Å²) >= 11 is 1.27. The minimum absolute atomic E-state index is 0.0691. The van der Waals surface area contributed by atoms with Crippen molar-refractivity contribution in [2.75, 3.05) is 5.32 Å². The number of carboxylic acids is 1. The number of rotatable bonds is 3. The van der Waals surface area contributed by atoms with E-state index in [1.165, 1.54) is 22.3 Å². The van der Waals surface area contributed by atoms with Crippen molar-refractivity contribution in [1.82, 2.24) is 4.98 Å². The molecule has 5 heteroatoms. The third kappa shape index (κ3) is 2.38. The molecule has 0 aliphatic heterocycles. The molecule has 4 nitrogen and oxygen atoms in total. The van der Waals surface area contributed by atoms with Crippen molar-refractivity contribution in [1.29, 1.82) is 0 Å². The molecule has 2 N–H and O–H groups in total. The van der Waals surface area contributed by atoms with E-state index < -0.39 is 5.97 Å². The molecule has 2 rings (SSSR count). The largest absolute Gasteiger partial charge is 0.476 e. The third-order valence-corrected chi connectivity index (χ3v) is 2.78. The van der Waals surface area contributed by atoms with Crippen LogP contribution in [0.5, 0.6) is 0 Å². The van der Waals surface area contributed by atoms with Crippen molar-refractivity contribution in [2.45, 2.75) is 6.92 Å². The average Bonchev–Trinajstić information content (AvgIpc) is 2.70. The highest BCUT2D eigenvalue weighted by molar-refractivity contribution is 7.14. The van der Waals surface area contributed by atoms with Gasteiger partial charge in [0.2, 0.25) is 0 Å². The highest BCUT2D eigenvalue weighted by atomic mass is 32.1. The summed E-state index contributed by atoms with van der Waals surface area (Å²) in [5, 5.41) is 13.9. The van der Waals surface area contributed by atoms with Gasteiger partial charge in [-0.25, -0.2) is 9.78 Å². The molecule has 1 aromatic carbocycles. The second-order valence-corrected chi connectivity index (χ2v) is 4.19. The Kier molecular flexibility index (Phi) is 2.87. The van der Waals surface area contributed by atoms with E-state index in [0.717, 1.165) is 5.69 Å². The molecular weight excluding hydrogens is 224 g/mol. The Morgan fingerprint density at radius 2 is 2.06 bits per heavy atom. The van der Waals surface area contributed by atoms with E-state index in [9.17, 15) is 4.79 Å². The molecule has 2 aromatic rings. The lowest BCUT2D eigenvalue weighted by Crippen LogP contribution is -1.97. The molecular formula is C11H10N2O2S. The maximum atomic E-state index is 10.6. The Labute approximate surface area is 96.6 Å². The fourth-order valence-electron chi connectivity index (χ4n) is 1.19. The maximum Gasteiger partial charge on any atom is 0.355 e. The van der Waals surface area contributed by atoms with Gasteiger partial charge in [0, 0.05) is 11.1 Å². The van der Waals surface area contributed by atoms with Gasteiger partial charge in [0.1, 0.15) is 0 Å². The summed E-state index contributed by atoms with van der Waals surface area (Å²) in [6.07, 6.45) is 0. The lowest BCUT2D eigenvalue weighted by Gasteiger charge is -2.01. The maximum absolute atomic E-state index is 10.6. The Morgan fingerprint density at radius 3 is 2.62 bits per heavy atom. The lowest BCUT2D eigenvalue weighted by atomic mass is 10.2. The summed E-state index contributed by atoms with van der Waals surface area (Å²) < 4.78 is 0. The van der Waals surface area contributed by atoms with Crippen molar-refractivity contribution in [3.05, 3.63) is 40.9 Å². The number of carbonyl (C=O) groups is 1. The summed E-state index contributed by atoms with van der Waals surface area (Å²) in [6, 6.07) is 7.82. The van der Waals surface area contributed by atoms with E-state index in [-0.39, 0.29) is 5.69 Å². The molecule has 0 fully saturated rings. The topological polar surface area (TPSA) is 62.2 Å². The molecule has 0 aliphatic rings. The van der Waals surface area contributed by atoms with Gasteiger partial charge in [-0.2, -0.15) is 0 Å². The van der Waals surface area contributed by atoms with Gasteiger partial charge in [-0.1, -0.05) is 17.7 Å². The number of thiazole rings is 1. The molecule has 0 saturated carbocycles. The Morgan fingerprint density at radius 1 is 1.38 bits per heavy atom. The van der Waals surface area contributed by atoms with Gasteiger partial charge in [-0.3, -0.25) is 0 Å². The van der Waals surface area contributed by atoms with Crippen LogP contribution in [0.1, 0.15) is 16.1 Å². The van der Waals surface area contributed by atoms with E-state index in [4.69, 9.17) is 5.11 Å². The minimum Gasteiger partial charge on any atom is -0.476 e. The number of aryl methyl sites for hydroxylation is 1. The lowest BCUT2D eigenvalue weighted by molar-refractivity contribution is 0.0691. The minimum atomic E-state index is -1.01. The van der Waals surface area contributed by atoms with Crippen LogP contribution in [0.3, 0.4) is 0 Å². The molecule has 1 heterocycles. The van der Waals surface area contributed by atoms with E-state index >= 15 is 0 Å². The first kappa shape index (κ1) is 10.6. The molecule has 0 amide bonds. The number of aromatic carboxylic acids is 1. The number of hydrogen-bond acceptors (Lipinski definition) is 4. The first-order valence-corrected chi connectivity index (χ1v) is 5.55. The summed E-state index contributed by atoms with van der Waals surface area (Å²) in [5.41, 5.74) is 2.15. The molecule has 0 spiro atoms. The monoisotopic (exact) mass is 234 g/mol. The number of benzene rings is 1. The number of anilines is 2. The molecule has 16 heavy (non-hydrogen) atoms. The van der Waals surface area contributed by atoms with Crippen molar-refractivity contribution >= 4 is 28.1 Å². The van der Waals surface area contributed by atoms with Crippen LogP contribution >= 0.6 is 11.3 Å². The van der Waals surface area contributed by atoms with Crippen LogP contribution in [0.25, 0.3) is 0 Å². The van der Waals surface area contributed by atoms with Crippen LogP contribution in [0, 0.1) is 6.92 Å². The summed E-state index contributed by atoms with van der Waals surface area (Å²) in [4.78, 5) is 14.6. The summed E-state index contributed by atoms with van der Waals surface area (Å²) in [7, 11) is 0. The molecule has 0 unspecified atom stereocenters. The van der Waals surface area contributed by atoms with Crippen LogP contribution in [0.2, 0.25) is 0 Å². The number of hydrogen-bond donors (Lipinski definition) is 2.